The molecule has 7 nitrogen and oxygen atoms in total. The molecule has 0 aliphatic heterocycles. The number of rotatable bonds is 7. The molecular formula is C24H23F2N5O2. The predicted octanol–water partition coefficient (Wildman–Crippen LogP) is 3.24. The van der Waals surface area contributed by atoms with Gasteiger partial charge in [0.25, 0.3) is 11.5 Å². The summed E-state index contributed by atoms with van der Waals surface area (Å²) in [7, 11) is 0. The zero-order chi connectivity index (χ0) is 23.0. The monoisotopic (exact) mass is 451 g/mol. The molecule has 0 atom stereocenters. The topological polar surface area (TPSA) is 91.3 Å². The van der Waals surface area contributed by atoms with Crippen LogP contribution in [-0.2, 0) is 13.1 Å². The van der Waals surface area contributed by atoms with Gasteiger partial charge in [-0.15, -0.1) is 0 Å². The number of nitrogens with zero attached hydrogens (tertiary/aromatic N) is 2. The van der Waals surface area contributed by atoms with Gasteiger partial charge >= 0.3 is 0 Å². The van der Waals surface area contributed by atoms with Crippen molar-refractivity contribution in [3.63, 3.8) is 0 Å². The maximum Gasteiger partial charge on any atom is 0.270 e. The van der Waals surface area contributed by atoms with Crippen molar-refractivity contribution in [3.05, 3.63) is 82.0 Å². The Morgan fingerprint density at radius 3 is 2.82 bits per heavy atom. The molecule has 1 aromatic carbocycles. The average Bonchev–Trinajstić information content (AvgIpc) is 3.18. The molecule has 1 fully saturated rings. The third-order valence-electron chi connectivity index (χ3n) is 5.92. The summed E-state index contributed by atoms with van der Waals surface area (Å²) in [5, 5.41) is 7.07. The zero-order valence-corrected chi connectivity index (χ0v) is 17.8. The van der Waals surface area contributed by atoms with E-state index in [1.807, 2.05) is 24.3 Å². The zero-order valence-electron chi connectivity index (χ0n) is 17.8. The van der Waals surface area contributed by atoms with Crippen LogP contribution in [0.4, 0.5) is 8.78 Å². The van der Waals surface area contributed by atoms with Gasteiger partial charge in [-0.3, -0.25) is 14.0 Å². The Labute approximate surface area is 187 Å². The van der Waals surface area contributed by atoms with Gasteiger partial charge in [-0.2, -0.15) is 0 Å². The molecule has 1 saturated carbocycles. The summed E-state index contributed by atoms with van der Waals surface area (Å²) in [4.78, 5) is 32.3. The van der Waals surface area contributed by atoms with E-state index in [9.17, 15) is 18.4 Å². The number of amides is 1. The van der Waals surface area contributed by atoms with Crippen molar-refractivity contribution >= 4 is 22.5 Å². The first-order valence-electron chi connectivity index (χ1n) is 10.8. The minimum Gasteiger partial charge on any atom is -0.357 e. The second kappa shape index (κ2) is 8.40. The van der Waals surface area contributed by atoms with Gasteiger partial charge in [-0.1, -0.05) is 18.2 Å². The molecule has 0 spiro atoms. The molecule has 1 amide bonds. The van der Waals surface area contributed by atoms with E-state index in [1.165, 1.54) is 10.5 Å². The summed E-state index contributed by atoms with van der Waals surface area (Å²) in [5.74, 6) is -2.87. The molecule has 33 heavy (non-hydrogen) atoms. The lowest BCUT2D eigenvalue weighted by Gasteiger charge is -2.34. The lowest BCUT2D eigenvalue weighted by Crippen LogP contribution is -2.40. The predicted molar refractivity (Wildman–Crippen MR) is 120 cm³/mol. The van der Waals surface area contributed by atoms with E-state index < -0.39 is 11.8 Å². The lowest BCUT2D eigenvalue weighted by atomic mass is 9.81. The van der Waals surface area contributed by atoms with Gasteiger partial charge in [-0.05, 0) is 47.7 Å². The van der Waals surface area contributed by atoms with Gasteiger partial charge in [0.1, 0.15) is 11.3 Å². The molecule has 0 bridgehead atoms. The van der Waals surface area contributed by atoms with Crippen LogP contribution in [-0.4, -0.2) is 32.7 Å². The Morgan fingerprint density at radius 2 is 2.00 bits per heavy atom. The highest BCUT2D eigenvalue weighted by molar-refractivity contribution is 5.92. The highest BCUT2D eigenvalue weighted by Gasteiger charge is 2.44. The van der Waals surface area contributed by atoms with Crippen LogP contribution in [0.2, 0.25) is 0 Å². The summed E-state index contributed by atoms with van der Waals surface area (Å²) in [6.45, 7) is 1.44. The summed E-state index contributed by atoms with van der Waals surface area (Å²) in [6.07, 6.45) is 1.53. The molecule has 3 aromatic heterocycles. The maximum atomic E-state index is 12.9. The van der Waals surface area contributed by atoms with Crippen LogP contribution < -0.4 is 16.2 Å². The standard InChI is InChI=1S/C24H23F2N5O2/c25-24(26)10-16(11-24)12-27-14-18-8-17-5-4-15(7-19(17)29-18)13-28-23(33)20-9-22(32)31-6-2-1-3-21(31)30-20/h1-9,16,27,29H,10-14H2,(H,28,33). The van der Waals surface area contributed by atoms with E-state index in [2.05, 4.69) is 20.6 Å². The summed E-state index contributed by atoms with van der Waals surface area (Å²) in [5.41, 5.74) is 2.96. The highest BCUT2D eigenvalue weighted by Crippen LogP contribution is 2.41. The lowest BCUT2D eigenvalue weighted by molar-refractivity contribution is -0.109. The normalized spacial score (nSPS) is 15.6. The molecule has 4 aromatic rings. The largest absolute Gasteiger partial charge is 0.357 e. The van der Waals surface area contributed by atoms with Crippen molar-refractivity contribution in [2.75, 3.05) is 6.54 Å². The van der Waals surface area contributed by atoms with Crippen LogP contribution in [0, 0.1) is 5.92 Å². The Balaban J connectivity index is 1.20. The molecule has 0 unspecified atom stereocenters. The summed E-state index contributed by atoms with van der Waals surface area (Å²) >= 11 is 0. The third kappa shape index (κ3) is 4.63. The van der Waals surface area contributed by atoms with E-state index in [1.54, 1.807) is 24.4 Å². The van der Waals surface area contributed by atoms with Crippen LogP contribution in [0.1, 0.15) is 34.6 Å². The SMILES string of the molecule is O=C(NCc1ccc2cc(CNCC3CC(F)(F)C3)[nH]c2c1)c1cc(=O)n2ccccc2n1. The van der Waals surface area contributed by atoms with E-state index in [4.69, 9.17) is 0 Å². The first-order valence-corrected chi connectivity index (χ1v) is 10.8. The van der Waals surface area contributed by atoms with Gasteiger partial charge in [0.15, 0.2) is 0 Å². The number of halogens is 2. The van der Waals surface area contributed by atoms with Gasteiger partial charge < -0.3 is 15.6 Å². The third-order valence-corrected chi connectivity index (χ3v) is 5.92. The number of aromatic nitrogens is 3. The molecule has 9 heteroatoms. The minimum atomic E-state index is -2.49. The molecule has 1 aliphatic carbocycles. The Bertz CT molecular complexity index is 1390. The number of hydrogen-bond acceptors (Lipinski definition) is 4. The van der Waals surface area contributed by atoms with Crippen LogP contribution in [0.5, 0.6) is 0 Å². The fourth-order valence-electron chi connectivity index (χ4n) is 4.22. The first-order chi connectivity index (χ1) is 15.9. The molecular weight excluding hydrogens is 428 g/mol. The molecule has 3 heterocycles. The molecule has 170 valence electrons. The van der Waals surface area contributed by atoms with Crippen molar-refractivity contribution in [2.45, 2.75) is 31.9 Å². The molecule has 0 radical (unpaired) electrons. The fraction of sp³-hybridized carbons (Fsp3) is 0.292. The van der Waals surface area contributed by atoms with E-state index in [0.717, 1.165) is 22.2 Å². The summed E-state index contributed by atoms with van der Waals surface area (Å²) < 4.78 is 27.2. The smallest absolute Gasteiger partial charge is 0.270 e. The molecule has 3 N–H and O–H groups in total. The van der Waals surface area contributed by atoms with Crippen LogP contribution in [0.3, 0.4) is 0 Å². The van der Waals surface area contributed by atoms with E-state index >= 15 is 0 Å². The minimum absolute atomic E-state index is 0.0352. The van der Waals surface area contributed by atoms with Gasteiger partial charge in [0.05, 0.1) is 0 Å². The quantitative estimate of drug-likeness (QED) is 0.402. The maximum absolute atomic E-state index is 12.9. The number of aromatic amines is 1. The van der Waals surface area contributed by atoms with Crippen LogP contribution >= 0.6 is 0 Å². The highest BCUT2D eigenvalue weighted by atomic mass is 19.3. The number of alkyl halides is 2. The second-order valence-corrected chi connectivity index (χ2v) is 8.57. The number of hydrogen-bond donors (Lipinski definition) is 3. The Kier molecular flexibility index (Phi) is 5.41. The number of fused-ring (bicyclic) bond motifs is 2. The van der Waals surface area contributed by atoms with Crippen LogP contribution in [0.15, 0.2) is 59.5 Å². The van der Waals surface area contributed by atoms with Crippen LogP contribution in [0.25, 0.3) is 16.6 Å². The molecule has 1 aliphatic rings. The number of H-pyrrole nitrogens is 1. The molecule has 0 saturated heterocycles. The van der Waals surface area contributed by atoms with Crippen molar-refractivity contribution in [1.82, 2.24) is 25.0 Å². The van der Waals surface area contributed by atoms with Gasteiger partial charge in [-0.25, -0.2) is 13.8 Å². The number of carbonyl (C=O) groups is 1. The van der Waals surface area contributed by atoms with Crippen molar-refractivity contribution in [2.24, 2.45) is 5.92 Å². The fourth-order valence-corrected chi connectivity index (χ4v) is 4.22. The van der Waals surface area contributed by atoms with Crippen molar-refractivity contribution in [3.8, 4) is 0 Å². The number of carbonyl (C=O) groups excluding carboxylic acids is 1. The van der Waals surface area contributed by atoms with E-state index in [-0.39, 0.29) is 36.6 Å². The second-order valence-electron chi connectivity index (χ2n) is 8.57. The van der Waals surface area contributed by atoms with E-state index in [0.29, 0.717) is 18.7 Å². The average molecular weight is 451 g/mol. The van der Waals surface area contributed by atoms with Gasteiger partial charge in [0, 0.05) is 49.4 Å². The number of pyridine rings is 1. The first kappa shape index (κ1) is 21.3. The Morgan fingerprint density at radius 1 is 1.15 bits per heavy atom. The van der Waals surface area contributed by atoms with Gasteiger partial charge in [0.2, 0.25) is 5.92 Å². The Hall–Kier alpha value is -3.59. The summed E-state index contributed by atoms with van der Waals surface area (Å²) in [6, 6.07) is 14.2. The number of benzene rings is 1. The molecule has 5 rings (SSSR count). The van der Waals surface area contributed by atoms with Crippen molar-refractivity contribution < 1.29 is 13.6 Å². The number of nitrogens with one attached hydrogen (secondary N) is 3. The van der Waals surface area contributed by atoms with Crippen molar-refractivity contribution in [1.29, 1.82) is 0 Å².